The lowest BCUT2D eigenvalue weighted by atomic mass is 10.0. The van der Waals surface area contributed by atoms with E-state index in [0.29, 0.717) is 22.6 Å². The third kappa shape index (κ3) is 5.70. The number of carbonyl (C=O) groups excluding carboxylic acids is 1. The third-order valence-electron chi connectivity index (χ3n) is 5.75. The average molecular weight is 498 g/mol. The molecule has 0 saturated carbocycles. The third-order valence-corrected chi connectivity index (χ3v) is 5.75. The van der Waals surface area contributed by atoms with Crippen molar-refractivity contribution in [2.75, 3.05) is 0 Å². The minimum atomic E-state index is -2.08. The second-order valence-corrected chi connectivity index (χ2v) is 9.04. The Labute approximate surface area is 208 Å². The quantitative estimate of drug-likeness (QED) is 0.312. The Morgan fingerprint density at radius 1 is 1.06 bits per heavy atom. The van der Waals surface area contributed by atoms with Crippen molar-refractivity contribution in [3.63, 3.8) is 0 Å². The van der Waals surface area contributed by atoms with Gasteiger partial charge in [0.2, 0.25) is 0 Å². The van der Waals surface area contributed by atoms with Crippen molar-refractivity contribution in [2.24, 2.45) is 0 Å². The molecule has 36 heavy (non-hydrogen) atoms. The molecular weight excluding hydrogens is 467 g/mol. The first-order chi connectivity index (χ1) is 16.5. The Bertz CT molecular complexity index is 1360. The topological polar surface area (TPSA) is 56.1 Å². The normalized spacial score (nSPS) is 13.1. The average Bonchev–Trinajstić information content (AvgIpc) is 3.22. The zero-order valence-corrected chi connectivity index (χ0v) is 19.9. The van der Waals surface area contributed by atoms with E-state index in [1.54, 1.807) is 61.1 Å². The maximum atomic E-state index is 14.4. The Balaban J connectivity index is 0.00000361. The number of nitrogens with one attached hydrogen (secondary N) is 1. The lowest BCUT2D eigenvalue weighted by Crippen LogP contribution is -2.46. The van der Waals surface area contributed by atoms with Crippen molar-refractivity contribution in [2.45, 2.75) is 52.9 Å². The lowest BCUT2D eigenvalue weighted by molar-refractivity contribution is -0.132. The SMILES string of the molecule is C.Cc1ccc([C@@H](Oc2ccc3c(cnn3-c3ccc(F)cc3)c2)[C@H](C)NC(=O)C(C)(C)F)cc1F. The van der Waals surface area contributed by atoms with Gasteiger partial charge in [-0.3, -0.25) is 4.79 Å². The molecule has 190 valence electrons. The minimum Gasteiger partial charge on any atom is -0.484 e. The number of hydrogen-bond acceptors (Lipinski definition) is 3. The standard InChI is InChI=1S/C27H26F3N3O2.CH4/c1-16-5-6-18(14-23(16)29)25(17(2)32-26(34)27(3,4)30)35-22-11-12-24-19(13-22)15-31-33(24)21-9-7-20(28)8-10-21;/h5-15,17,25H,1-4H3,(H,32,34);1H4/t17-,25-;/m0./s1. The van der Waals surface area contributed by atoms with E-state index in [0.717, 1.165) is 10.9 Å². The summed E-state index contributed by atoms with van der Waals surface area (Å²) >= 11 is 0. The zero-order valence-electron chi connectivity index (χ0n) is 19.9. The summed E-state index contributed by atoms with van der Waals surface area (Å²) in [5.41, 5.74) is 0.379. The summed E-state index contributed by atoms with van der Waals surface area (Å²) in [6.45, 7) is 5.67. The van der Waals surface area contributed by atoms with Crippen molar-refractivity contribution in [3.8, 4) is 11.4 Å². The van der Waals surface area contributed by atoms with E-state index in [4.69, 9.17) is 4.74 Å². The molecule has 0 spiro atoms. The first-order valence-electron chi connectivity index (χ1n) is 11.2. The van der Waals surface area contributed by atoms with Crippen molar-refractivity contribution in [1.29, 1.82) is 0 Å². The molecule has 0 radical (unpaired) electrons. The molecule has 0 unspecified atom stereocenters. The first-order valence-corrected chi connectivity index (χ1v) is 11.2. The van der Waals surface area contributed by atoms with Crippen LogP contribution < -0.4 is 10.1 Å². The van der Waals surface area contributed by atoms with E-state index in [2.05, 4.69) is 10.4 Å². The molecular formula is C28H30F3N3O2. The molecule has 8 heteroatoms. The van der Waals surface area contributed by atoms with Crippen LogP contribution in [-0.4, -0.2) is 27.4 Å². The van der Waals surface area contributed by atoms with E-state index >= 15 is 0 Å². The van der Waals surface area contributed by atoms with Crippen LogP contribution in [0.1, 0.15) is 45.4 Å². The number of rotatable bonds is 7. The second kappa shape index (κ2) is 10.4. The molecule has 0 aliphatic carbocycles. The number of alkyl halides is 1. The Kier molecular flexibility index (Phi) is 7.77. The molecule has 0 aliphatic rings. The van der Waals surface area contributed by atoms with Gasteiger partial charge in [0.1, 0.15) is 23.5 Å². The van der Waals surface area contributed by atoms with Gasteiger partial charge in [0.05, 0.1) is 23.4 Å². The molecule has 1 heterocycles. The number of nitrogens with zero attached hydrogens (tertiary/aromatic N) is 2. The highest BCUT2D eigenvalue weighted by Crippen LogP contribution is 2.30. The minimum absolute atomic E-state index is 0. The van der Waals surface area contributed by atoms with Gasteiger partial charge < -0.3 is 10.1 Å². The highest BCUT2D eigenvalue weighted by molar-refractivity contribution is 5.84. The number of carbonyl (C=O) groups is 1. The van der Waals surface area contributed by atoms with Gasteiger partial charge in [-0.05, 0) is 87.4 Å². The fraction of sp³-hybridized carbons (Fsp3) is 0.286. The van der Waals surface area contributed by atoms with E-state index in [1.807, 2.05) is 6.07 Å². The Hall–Kier alpha value is -3.81. The largest absolute Gasteiger partial charge is 0.484 e. The van der Waals surface area contributed by atoms with E-state index in [1.165, 1.54) is 32.0 Å². The van der Waals surface area contributed by atoms with Crippen molar-refractivity contribution < 1.29 is 22.7 Å². The molecule has 4 rings (SSSR count). The van der Waals surface area contributed by atoms with Crippen LogP contribution in [0, 0.1) is 18.6 Å². The molecule has 3 aromatic carbocycles. The summed E-state index contributed by atoms with van der Waals surface area (Å²) in [6, 6.07) is 15.3. The van der Waals surface area contributed by atoms with Crippen LogP contribution in [-0.2, 0) is 4.79 Å². The summed E-state index contributed by atoms with van der Waals surface area (Å²) < 4.78 is 49.7. The fourth-order valence-corrected chi connectivity index (χ4v) is 3.72. The zero-order chi connectivity index (χ0) is 25.3. The molecule has 1 N–H and O–H groups in total. The van der Waals surface area contributed by atoms with Gasteiger partial charge in [0.15, 0.2) is 5.67 Å². The van der Waals surface area contributed by atoms with Gasteiger partial charge in [-0.15, -0.1) is 0 Å². The maximum absolute atomic E-state index is 14.4. The molecule has 2 atom stereocenters. The predicted octanol–water partition coefficient (Wildman–Crippen LogP) is 6.62. The Morgan fingerprint density at radius 3 is 2.39 bits per heavy atom. The van der Waals surface area contributed by atoms with Gasteiger partial charge >= 0.3 is 0 Å². The van der Waals surface area contributed by atoms with E-state index in [-0.39, 0.29) is 13.2 Å². The van der Waals surface area contributed by atoms with Crippen molar-refractivity contribution in [3.05, 3.63) is 89.6 Å². The number of halogens is 3. The van der Waals surface area contributed by atoms with Gasteiger partial charge in [0, 0.05) is 5.39 Å². The summed E-state index contributed by atoms with van der Waals surface area (Å²) in [6.07, 6.45) is 0.865. The molecule has 0 fully saturated rings. The van der Waals surface area contributed by atoms with Gasteiger partial charge in [-0.1, -0.05) is 19.6 Å². The summed E-state index contributed by atoms with van der Waals surface area (Å²) in [5, 5.41) is 7.78. The van der Waals surface area contributed by atoms with Crippen LogP contribution in [0.2, 0.25) is 0 Å². The molecule has 0 aliphatic heterocycles. The van der Waals surface area contributed by atoms with Gasteiger partial charge in [-0.2, -0.15) is 5.10 Å². The van der Waals surface area contributed by atoms with Crippen LogP contribution in [0.4, 0.5) is 13.2 Å². The summed E-state index contributed by atoms with van der Waals surface area (Å²) in [5.74, 6) is -1.07. The van der Waals surface area contributed by atoms with Crippen molar-refractivity contribution >= 4 is 16.8 Å². The van der Waals surface area contributed by atoms with Crippen LogP contribution >= 0.6 is 0 Å². The lowest BCUT2D eigenvalue weighted by Gasteiger charge is -2.28. The first kappa shape index (κ1) is 26.8. The predicted molar refractivity (Wildman–Crippen MR) is 135 cm³/mol. The molecule has 0 bridgehead atoms. The molecule has 5 nitrogen and oxygen atoms in total. The summed E-state index contributed by atoms with van der Waals surface area (Å²) in [7, 11) is 0. The van der Waals surface area contributed by atoms with E-state index < -0.39 is 29.5 Å². The Morgan fingerprint density at radius 2 is 1.75 bits per heavy atom. The highest BCUT2D eigenvalue weighted by atomic mass is 19.1. The smallest absolute Gasteiger partial charge is 0.257 e. The second-order valence-electron chi connectivity index (χ2n) is 9.04. The van der Waals surface area contributed by atoms with Crippen LogP contribution in [0.25, 0.3) is 16.6 Å². The number of aryl methyl sites for hydroxylation is 1. The number of hydrogen-bond donors (Lipinski definition) is 1. The van der Waals surface area contributed by atoms with Gasteiger partial charge in [-0.25, -0.2) is 17.9 Å². The van der Waals surface area contributed by atoms with Crippen LogP contribution in [0.15, 0.2) is 66.9 Å². The molecule has 0 saturated heterocycles. The maximum Gasteiger partial charge on any atom is 0.257 e. The molecule has 1 aromatic heterocycles. The van der Waals surface area contributed by atoms with Gasteiger partial charge in [0.25, 0.3) is 5.91 Å². The number of fused-ring (bicyclic) bond motifs is 1. The highest BCUT2D eigenvalue weighted by Gasteiger charge is 2.31. The number of benzene rings is 3. The number of aromatic nitrogens is 2. The monoisotopic (exact) mass is 497 g/mol. The molecule has 1 amide bonds. The van der Waals surface area contributed by atoms with Crippen molar-refractivity contribution in [1.82, 2.24) is 15.1 Å². The summed E-state index contributed by atoms with van der Waals surface area (Å²) in [4.78, 5) is 12.3. The number of amides is 1. The fourth-order valence-electron chi connectivity index (χ4n) is 3.72. The molecule has 4 aromatic rings. The van der Waals surface area contributed by atoms with E-state index in [9.17, 15) is 18.0 Å². The number of ether oxygens (including phenoxy) is 1. The van der Waals surface area contributed by atoms with Crippen LogP contribution in [0.3, 0.4) is 0 Å². The van der Waals surface area contributed by atoms with Crippen LogP contribution in [0.5, 0.6) is 5.75 Å².